The van der Waals surface area contributed by atoms with E-state index in [-0.39, 0.29) is 11.8 Å². The number of amides is 2. The number of benzene rings is 1. The lowest BCUT2D eigenvalue weighted by atomic mass is 10.2. The second kappa shape index (κ2) is 8.10. The first-order chi connectivity index (χ1) is 11.5. The number of hydrogen-bond acceptors (Lipinski definition) is 4. The number of carbonyl (C=O) groups excluding carboxylic acids is 2. The lowest BCUT2D eigenvalue weighted by Gasteiger charge is -2.18. The number of likely N-dealkylation sites (N-methyl/N-ethyl adjacent to an activating group) is 1. The van der Waals surface area contributed by atoms with E-state index >= 15 is 0 Å². The van der Waals surface area contributed by atoms with Crippen LogP contribution in [0.3, 0.4) is 0 Å². The van der Waals surface area contributed by atoms with Gasteiger partial charge in [-0.1, -0.05) is 6.07 Å². The molecule has 2 rings (SSSR count). The highest BCUT2D eigenvalue weighted by Gasteiger charge is 2.17. The Morgan fingerprint density at radius 2 is 1.92 bits per heavy atom. The van der Waals surface area contributed by atoms with Crippen LogP contribution in [0.25, 0.3) is 0 Å². The van der Waals surface area contributed by atoms with Crippen molar-refractivity contribution in [2.24, 2.45) is 0 Å². The van der Waals surface area contributed by atoms with Crippen LogP contribution in [0.15, 0.2) is 48.8 Å². The summed E-state index contributed by atoms with van der Waals surface area (Å²) in [6, 6.07) is 9.99. The van der Waals surface area contributed by atoms with Gasteiger partial charge in [-0.05, 0) is 37.3 Å². The average molecular weight is 327 g/mol. The summed E-state index contributed by atoms with van der Waals surface area (Å²) in [5.41, 5.74) is 1.44. The number of ether oxygens (including phenoxy) is 1. The Morgan fingerprint density at radius 1 is 1.21 bits per heavy atom. The molecule has 0 aliphatic rings. The molecule has 6 nitrogen and oxygen atoms in total. The summed E-state index contributed by atoms with van der Waals surface area (Å²) in [4.78, 5) is 29.4. The summed E-state index contributed by atoms with van der Waals surface area (Å²) in [6.07, 6.45) is 3.45. The molecule has 0 fully saturated rings. The molecule has 1 atom stereocenters. The number of carbonyl (C=O) groups is 2. The van der Waals surface area contributed by atoms with Gasteiger partial charge in [0.2, 0.25) is 5.91 Å². The Bertz CT molecular complexity index is 684. The van der Waals surface area contributed by atoms with Gasteiger partial charge in [0.25, 0.3) is 5.91 Å². The van der Waals surface area contributed by atoms with Crippen molar-refractivity contribution in [2.45, 2.75) is 19.6 Å². The molecule has 0 aliphatic carbocycles. The predicted octanol–water partition coefficient (Wildman–Crippen LogP) is 1.87. The van der Waals surface area contributed by atoms with Crippen LogP contribution < -0.4 is 10.1 Å². The van der Waals surface area contributed by atoms with Gasteiger partial charge in [0.1, 0.15) is 18.4 Å². The standard InChI is InChI=1S/C18H21N3O3/c1-13(18(23)21(2)3)20-17(22)15-6-8-16(9-7-15)24-12-14-5-4-10-19-11-14/h4-11,13H,12H2,1-3H3,(H,20,22)/t13-/m0/s1. The highest BCUT2D eigenvalue weighted by molar-refractivity contribution is 5.97. The smallest absolute Gasteiger partial charge is 0.251 e. The Morgan fingerprint density at radius 3 is 2.50 bits per heavy atom. The zero-order chi connectivity index (χ0) is 17.5. The fraction of sp³-hybridized carbons (Fsp3) is 0.278. The molecule has 0 saturated heterocycles. The van der Waals surface area contributed by atoms with Crippen molar-refractivity contribution in [3.05, 3.63) is 59.9 Å². The topological polar surface area (TPSA) is 71.5 Å². The summed E-state index contributed by atoms with van der Waals surface area (Å²) in [5, 5.41) is 2.68. The third-order valence-electron chi connectivity index (χ3n) is 3.40. The van der Waals surface area contributed by atoms with Crippen LogP contribution in [-0.4, -0.2) is 41.8 Å². The van der Waals surface area contributed by atoms with E-state index in [0.29, 0.717) is 17.9 Å². The van der Waals surface area contributed by atoms with Crippen molar-refractivity contribution >= 4 is 11.8 Å². The monoisotopic (exact) mass is 327 g/mol. The lowest BCUT2D eigenvalue weighted by molar-refractivity contribution is -0.130. The molecular formula is C18H21N3O3. The largest absolute Gasteiger partial charge is 0.489 e. The van der Waals surface area contributed by atoms with Gasteiger partial charge >= 0.3 is 0 Å². The molecule has 2 aromatic rings. The fourth-order valence-electron chi connectivity index (χ4n) is 2.08. The maximum Gasteiger partial charge on any atom is 0.251 e. The molecule has 0 bridgehead atoms. The lowest BCUT2D eigenvalue weighted by Crippen LogP contribution is -2.44. The quantitative estimate of drug-likeness (QED) is 0.879. The van der Waals surface area contributed by atoms with E-state index in [2.05, 4.69) is 10.3 Å². The predicted molar refractivity (Wildman–Crippen MR) is 90.6 cm³/mol. The molecule has 0 unspecified atom stereocenters. The molecular weight excluding hydrogens is 306 g/mol. The molecule has 126 valence electrons. The molecule has 24 heavy (non-hydrogen) atoms. The van der Waals surface area contributed by atoms with Gasteiger partial charge in [-0.15, -0.1) is 0 Å². The highest BCUT2D eigenvalue weighted by atomic mass is 16.5. The van der Waals surface area contributed by atoms with Gasteiger partial charge in [-0.3, -0.25) is 14.6 Å². The van der Waals surface area contributed by atoms with E-state index in [4.69, 9.17) is 4.74 Å². The third-order valence-corrected chi connectivity index (χ3v) is 3.40. The second-order valence-electron chi connectivity index (χ2n) is 5.60. The van der Waals surface area contributed by atoms with Gasteiger partial charge in [0, 0.05) is 37.6 Å². The van der Waals surface area contributed by atoms with Crippen molar-refractivity contribution < 1.29 is 14.3 Å². The van der Waals surface area contributed by atoms with Gasteiger partial charge < -0.3 is 15.0 Å². The SMILES string of the molecule is C[C@H](NC(=O)c1ccc(OCc2cccnc2)cc1)C(=O)N(C)C. The zero-order valence-corrected chi connectivity index (χ0v) is 14.0. The minimum atomic E-state index is -0.575. The van der Waals surface area contributed by atoms with Crippen molar-refractivity contribution in [1.82, 2.24) is 15.2 Å². The van der Waals surface area contributed by atoms with Crippen molar-refractivity contribution in [1.29, 1.82) is 0 Å². The summed E-state index contributed by atoms with van der Waals surface area (Å²) in [5.74, 6) is 0.212. The molecule has 0 radical (unpaired) electrons. The Hall–Kier alpha value is -2.89. The minimum absolute atomic E-state index is 0.153. The first-order valence-corrected chi connectivity index (χ1v) is 7.61. The minimum Gasteiger partial charge on any atom is -0.489 e. The van der Waals surface area contributed by atoms with Crippen LogP contribution in [0, 0.1) is 0 Å². The Balaban J connectivity index is 1.91. The molecule has 0 saturated carbocycles. The second-order valence-corrected chi connectivity index (χ2v) is 5.60. The van der Waals surface area contributed by atoms with Gasteiger partial charge in [-0.25, -0.2) is 0 Å². The van der Waals surface area contributed by atoms with E-state index < -0.39 is 6.04 Å². The maximum atomic E-state index is 12.1. The first-order valence-electron chi connectivity index (χ1n) is 7.61. The fourth-order valence-corrected chi connectivity index (χ4v) is 2.08. The van der Waals surface area contributed by atoms with E-state index in [0.717, 1.165) is 5.56 Å². The number of nitrogens with zero attached hydrogens (tertiary/aromatic N) is 2. The van der Waals surface area contributed by atoms with Crippen LogP contribution in [0.2, 0.25) is 0 Å². The van der Waals surface area contributed by atoms with Gasteiger partial charge in [-0.2, -0.15) is 0 Å². The molecule has 6 heteroatoms. The average Bonchev–Trinajstić information content (AvgIpc) is 2.60. The molecule has 1 heterocycles. The number of pyridine rings is 1. The maximum absolute atomic E-state index is 12.1. The van der Waals surface area contributed by atoms with Crippen molar-refractivity contribution in [2.75, 3.05) is 14.1 Å². The van der Waals surface area contributed by atoms with E-state index in [1.165, 1.54) is 4.90 Å². The molecule has 0 aliphatic heterocycles. The van der Waals surface area contributed by atoms with E-state index in [9.17, 15) is 9.59 Å². The summed E-state index contributed by atoms with van der Waals surface area (Å²) >= 11 is 0. The van der Waals surface area contributed by atoms with E-state index in [1.807, 2.05) is 12.1 Å². The molecule has 1 N–H and O–H groups in total. The summed E-state index contributed by atoms with van der Waals surface area (Å²) in [7, 11) is 3.30. The van der Waals surface area contributed by atoms with Crippen molar-refractivity contribution in [3.63, 3.8) is 0 Å². The highest BCUT2D eigenvalue weighted by Crippen LogP contribution is 2.14. The third kappa shape index (κ3) is 4.81. The first kappa shape index (κ1) is 17.5. The van der Waals surface area contributed by atoms with Crippen LogP contribution in [-0.2, 0) is 11.4 Å². The van der Waals surface area contributed by atoms with Crippen LogP contribution in [0.1, 0.15) is 22.8 Å². The van der Waals surface area contributed by atoms with Gasteiger partial charge in [0.05, 0.1) is 0 Å². The number of aromatic nitrogens is 1. The Kier molecular flexibility index (Phi) is 5.89. The zero-order valence-electron chi connectivity index (χ0n) is 14.0. The Labute approximate surface area is 141 Å². The number of nitrogens with one attached hydrogen (secondary N) is 1. The summed E-state index contributed by atoms with van der Waals surface area (Å²) in [6.45, 7) is 2.07. The molecule has 2 amide bonds. The van der Waals surface area contributed by atoms with Gasteiger partial charge in [0.15, 0.2) is 0 Å². The van der Waals surface area contributed by atoms with Crippen molar-refractivity contribution in [3.8, 4) is 5.75 Å². The number of rotatable bonds is 6. The van der Waals surface area contributed by atoms with E-state index in [1.54, 1.807) is 57.7 Å². The number of hydrogen-bond donors (Lipinski definition) is 1. The van der Waals surface area contributed by atoms with Crippen LogP contribution >= 0.6 is 0 Å². The molecule has 1 aromatic heterocycles. The molecule has 0 spiro atoms. The molecule has 1 aromatic carbocycles. The van der Waals surface area contributed by atoms with Crippen LogP contribution in [0.5, 0.6) is 5.75 Å². The summed E-state index contributed by atoms with van der Waals surface area (Å²) < 4.78 is 5.65. The normalized spacial score (nSPS) is 11.5. The van der Waals surface area contributed by atoms with Crippen LogP contribution in [0.4, 0.5) is 0 Å².